The first kappa shape index (κ1) is 7.25. The number of hydrogen-bond acceptors (Lipinski definition) is 3. The summed E-state index contributed by atoms with van der Waals surface area (Å²) >= 11 is 1.76. The van der Waals surface area contributed by atoms with Crippen LogP contribution in [0.4, 0.5) is 0 Å². The Labute approximate surface area is 70.2 Å². The third-order valence-corrected chi connectivity index (χ3v) is 2.96. The first-order chi connectivity index (χ1) is 5.47. The predicted molar refractivity (Wildman–Crippen MR) is 44.9 cm³/mol. The molecule has 0 saturated carbocycles. The van der Waals surface area contributed by atoms with Crippen LogP contribution in [-0.4, -0.2) is 18.2 Å². The fraction of sp³-hybridized carbons (Fsp3) is 0.625. The van der Waals surface area contributed by atoms with E-state index in [-0.39, 0.29) is 0 Å². The minimum atomic E-state index is 0.670. The molecule has 1 aromatic heterocycles. The number of ether oxygens (including phenoxy) is 1. The van der Waals surface area contributed by atoms with E-state index < -0.39 is 0 Å². The number of aromatic nitrogens is 1. The lowest BCUT2D eigenvalue weighted by Crippen LogP contribution is -2.13. The molecule has 1 aliphatic rings. The number of thiazole rings is 1. The lowest BCUT2D eigenvalue weighted by Gasteiger charge is -2.19. The highest BCUT2D eigenvalue weighted by atomic mass is 32.1. The summed E-state index contributed by atoms with van der Waals surface area (Å²) in [4.78, 5) is 4.30. The zero-order valence-electron chi connectivity index (χ0n) is 6.32. The summed E-state index contributed by atoms with van der Waals surface area (Å²) in [6, 6.07) is 0. The van der Waals surface area contributed by atoms with E-state index in [4.69, 9.17) is 4.74 Å². The zero-order valence-corrected chi connectivity index (χ0v) is 7.14. The van der Waals surface area contributed by atoms with Crippen LogP contribution in [0.2, 0.25) is 0 Å². The van der Waals surface area contributed by atoms with E-state index in [1.807, 2.05) is 11.6 Å². The smallest absolute Gasteiger partial charge is 0.0957 e. The molecule has 0 N–H and O–H groups in total. The second kappa shape index (κ2) is 3.32. The van der Waals surface area contributed by atoms with E-state index in [1.54, 1.807) is 11.3 Å². The monoisotopic (exact) mass is 169 g/mol. The first-order valence-electron chi connectivity index (χ1n) is 3.94. The normalized spacial score (nSPS) is 20.4. The quantitative estimate of drug-likeness (QED) is 0.641. The molecule has 0 unspecified atom stereocenters. The average molecular weight is 169 g/mol. The second-order valence-corrected chi connectivity index (χ2v) is 3.68. The van der Waals surface area contributed by atoms with Gasteiger partial charge in [0.1, 0.15) is 0 Å². The second-order valence-electron chi connectivity index (χ2n) is 2.76. The van der Waals surface area contributed by atoms with E-state index in [1.165, 1.54) is 5.01 Å². The summed E-state index contributed by atoms with van der Waals surface area (Å²) in [6.07, 6.45) is 4.18. The molecule has 60 valence electrons. The molecule has 2 rings (SSSR count). The summed E-state index contributed by atoms with van der Waals surface area (Å²) in [5.74, 6) is 0.670. The van der Waals surface area contributed by atoms with Crippen molar-refractivity contribution in [2.24, 2.45) is 0 Å². The van der Waals surface area contributed by atoms with Crippen LogP contribution in [-0.2, 0) is 4.74 Å². The van der Waals surface area contributed by atoms with Crippen LogP contribution in [0.1, 0.15) is 23.8 Å². The van der Waals surface area contributed by atoms with E-state index in [0.717, 1.165) is 26.1 Å². The zero-order chi connectivity index (χ0) is 7.52. The molecule has 1 fully saturated rings. The van der Waals surface area contributed by atoms with E-state index in [0.29, 0.717) is 5.92 Å². The SMILES string of the molecule is c1csc(C2CCOCC2)n1. The van der Waals surface area contributed by atoms with Crippen molar-refractivity contribution in [2.45, 2.75) is 18.8 Å². The number of nitrogens with zero attached hydrogens (tertiary/aromatic N) is 1. The predicted octanol–water partition coefficient (Wildman–Crippen LogP) is 2.04. The van der Waals surface area contributed by atoms with E-state index in [9.17, 15) is 0 Å². The molecule has 11 heavy (non-hydrogen) atoms. The minimum Gasteiger partial charge on any atom is -0.381 e. The van der Waals surface area contributed by atoms with Crippen molar-refractivity contribution in [1.82, 2.24) is 4.98 Å². The van der Waals surface area contributed by atoms with Gasteiger partial charge in [0.15, 0.2) is 0 Å². The summed E-state index contributed by atoms with van der Waals surface area (Å²) < 4.78 is 5.27. The Hall–Kier alpha value is -0.410. The van der Waals surface area contributed by atoms with Crippen molar-refractivity contribution >= 4 is 11.3 Å². The van der Waals surface area contributed by atoms with E-state index in [2.05, 4.69) is 4.98 Å². The Morgan fingerprint density at radius 2 is 2.27 bits per heavy atom. The molecule has 0 aliphatic carbocycles. The highest BCUT2D eigenvalue weighted by molar-refractivity contribution is 7.09. The van der Waals surface area contributed by atoms with Gasteiger partial charge in [-0.05, 0) is 12.8 Å². The van der Waals surface area contributed by atoms with Gasteiger partial charge in [0, 0.05) is 30.7 Å². The summed E-state index contributed by atoms with van der Waals surface area (Å²) in [7, 11) is 0. The maximum absolute atomic E-state index is 5.27. The van der Waals surface area contributed by atoms with Crippen LogP contribution in [0.5, 0.6) is 0 Å². The average Bonchev–Trinajstić information content (AvgIpc) is 2.58. The number of rotatable bonds is 1. The fourth-order valence-electron chi connectivity index (χ4n) is 1.38. The summed E-state index contributed by atoms with van der Waals surface area (Å²) in [5, 5.41) is 3.33. The third kappa shape index (κ3) is 1.60. The van der Waals surface area contributed by atoms with Crippen molar-refractivity contribution in [1.29, 1.82) is 0 Å². The highest BCUT2D eigenvalue weighted by Crippen LogP contribution is 2.27. The van der Waals surface area contributed by atoms with Crippen LogP contribution in [0, 0.1) is 0 Å². The Morgan fingerprint density at radius 3 is 2.91 bits per heavy atom. The molecule has 0 spiro atoms. The van der Waals surface area contributed by atoms with Gasteiger partial charge in [0.05, 0.1) is 5.01 Å². The molecule has 0 aromatic carbocycles. The number of hydrogen-bond donors (Lipinski definition) is 0. The van der Waals surface area contributed by atoms with Gasteiger partial charge in [0.2, 0.25) is 0 Å². The van der Waals surface area contributed by atoms with Gasteiger partial charge in [-0.15, -0.1) is 11.3 Å². The molecule has 0 amide bonds. The fourth-order valence-corrected chi connectivity index (χ4v) is 2.19. The third-order valence-electron chi connectivity index (χ3n) is 2.02. The van der Waals surface area contributed by atoms with Crippen LogP contribution in [0.3, 0.4) is 0 Å². The molecule has 1 aliphatic heterocycles. The standard InChI is InChI=1S/C8H11NOS/c1-4-10-5-2-7(1)8-9-3-6-11-8/h3,6-7H,1-2,4-5H2. The molecular weight excluding hydrogens is 158 g/mol. The Bertz CT molecular complexity index is 204. The van der Waals surface area contributed by atoms with Gasteiger partial charge in [-0.25, -0.2) is 4.98 Å². The first-order valence-corrected chi connectivity index (χ1v) is 4.82. The largest absolute Gasteiger partial charge is 0.381 e. The Kier molecular flexibility index (Phi) is 2.19. The molecule has 2 heterocycles. The van der Waals surface area contributed by atoms with Crippen LogP contribution in [0.15, 0.2) is 11.6 Å². The molecule has 0 bridgehead atoms. The Balaban J connectivity index is 2.04. The maximum Gasteiger partial charge on any atom is 0.0957 e. The topological polar surface area (TPSA) is 22.1 Å². The van der Waals surface area contributed by atoms with Gasteiger partial charge in [0.25, 0.3) is 0 Å². The summed E-state index contributed by atoms with van der Waals surface area (Å²) in [5.41, 5.74) is 0. The van der Waals surface area contributed by atoms with Crippen molar-refractivity contribution in [2.75, 3.05) is 13.2 Å². The lowest BCUT2D eigenvalue weighted by molar-refractivity contribution is 0.0853. The minimum absolute atomic E-state index is 0.670. The van der Waals surface area contributed by atoms with Crippen molar-refractivity contribution in [3.63, 3.8) is 0 Å². The van der Waals surface area contributed by atoms with Crippen LogP contribution >= 0.6 is 11.3 Å². The van der Waals surface area contributed by atoms with Gasteiger partial charge in [-0.2, -0.15) is 0 Å². The molecular formula is C8H11NOS. The molecule has 0 radical (unpaired) electrons. The van der Waals surface area contributed by atoms with Gasteiger partial charge < -0.3 is 4.74 Å². The van der Waals surface area contributed by atoms with Crippen molar-refractivity contribution in [3.8, 4) is 0 Å². The molecule has 0 atom stereocenters. The van der Waals surface area contributed by atoms with Gasteiger partial charge in [-0.3, -0.25) is 0 Å². The van der Waals surface area contributed by atoms with Gasteiger partial charge in [-0.1, -0.05) is 0 Å². The van der Waals surface area contributed by atoms with Crippen molar-refractivity contribution in [3.05, 3.63) is 16.6 Å². The van der Waals surface area contributed by atoms with Gasteiger partial charge >= 0.3 is 0 Å². The van der Waals surface area contributed by atoms with E-state index >= 15 is 0 Å². The lowest BCUT2D eigenvalue weighted by atomic mass is 10.0. The molecule has 2 nitrogen and oxygen atoms in total. The maximum atomic E-state index is 5.27. The Morgan fingerprint density at radius 1 is 1.45 bits per heavy atom. The highest BCUT2D eigenvalue weighted by Gasteiger charge is 2.17. The molecule has 3 heteroatoms. The van der Waals surface area contributed by atoms with Crippen LogP contribution in [0.25, 0.3) is 0 Å². The molecule has 1 aromatic rings. The van der Waals surface area contributed by atoms with Crippen molar-refractivity contribution < 1.29 is 4.74 Å². The molecule has 1 saturated heterocycles. The summed E-state index contributed by atoms with van der Waals surface area (Å²) in [6.45, 7) is 1.81. The van der Waals surface area contributed by atoms with Crippen LogP contribution < -0.4 is 0 Å².